The van der Waals surface area contributed by atoms with E-state index in [2.05, 4.69) is 25.5 Å². The van der Waals surface area contributed by atoms with Crippen LogP contribution in [0.25, 0.3) is 11.4 Å². The van der Waals surface area contributed by atoms with Gasteiger partial charge in [-0.05, 0) is 40.5 Å². The van der Waals surface area contributed by atoms with E-state index in [-0.39, 0.29) is 30.2 Å². The minimum absolute atomic E-state index is 0.0584. The number of aliphatic hydroxyl groups excluding tert-OH is 1. The number of H-pyrrole nitrogens is 1. The largest absolute Gasteiger partial charge is 0.392 e. The molecular formula is C24H31N7O4S. The first-order valence-corrected chi connectivity index (χ1v) is 13.5. The fourth-order valence-electron chi connectivity index (χ4n) is 4.91. The van der Waals surface area contributed by atoms with Gasteiger partial charge in [-0.25, -0.2) is 0 Å². The van der Waals surface area contributed by atoms with Crippen LogP contribution in [0.2, 0.25) is 0 Å². The summed E-state index contributed by atoms with van der Waals surface area (Å²) in [5.41, 5.74) is 4.17. The van der Waals surface area contributed by atoms with Crippen LogP contribution >= 0.6 is 10.8 Å². The molecule has 1 fully saturated rings. The Bertz CT molecular complexity index is 1240. The molecule has 0 spiro atoms. The topological polar surface area (TPSA) is 142 Å². The number of anilines is 1. The number of nitrogens with one attached hydrogen (secondary N) is 1. The number of nitrogens with zero attached hydrogens (tertiary/aromatic N) is 6. The molecule has 0 aliphatic carbocycles. The first kappa shape index (κ1) is 24.7. The molecule has 11 nitrogen and oxygen atoms in total. The number of carbonyl (C=O) groups excluding carboxylic acids is 1. The normalized spacial score (nSPS) is 20.8. The number of likely N-dealkylation sites (tertiary alicyclic amines) is 1. The number of hydrogen-bond acceptors (Lipinski definition) is 9. The Morgan fingerprint density at radius 1 is 1.28 bits per heavy atom. The molecular weight excluding hydrogens is 482 g/mol. The van der Waals surface area contributed by atoms with Gasteiger partial charge < -0.3 is 10.0 Å². The van der Waals surface area contributed by atoms with Gasteiger partial charge in [-0.15, -0.1) is 21.0 Å². The second-order valence-electron chi connectivity index (χ2n) is 9.50. The predicted octanol–water partition coefficient (Wildman–Crippen LogP) is 2.29. The number of aromatic nitrogens is 4. The Hall–Kier alpha value is -3.03. The third-order valence-electron chi connectivity index (χ3n) is 7.05. The molecule has 5 rings (SSSR count). The van der Waals surface area contributed by atoms with Gasteiger partial charge in [-0.3, -0.25) is 23.1 Å². The summed E-state index contributed by atoms with van der Waals surface area (Å²) in [4.78, 5) is 17.4. The fourth-order valence-corrected chi connectivity index (χ4v) is 6.25. The van der Waals surface area contributed by atoms with Gasteiger partial charge in [-0.1, -0.05) is 30.3 Å². The van der Waals surface area contributed by atoms with Crippen molar-refractivity contribution in [2.24, 2.45) is 0 Å². The Balaban J connectivity index is 1.38. The number of amides is 1. The lowest BCUT2D eigenvalue weighted by Crippen LogP contribution is -2.39. The molecule has 0 bridgehead atoms. The molecule has 2 aliphatic heterocycles. The van der Waals surface area contributed by atoms with Crippen LogP contribution in [0.3, 0.4) is 0 Å². The van der Waals surface area contributed by atoms with Crippen molar-refractivity contribution in [2.75, 3.05) is 38.0 Å². The fraction of sp³-hybridized carbons (Fsp3) is 0.417. The lowest BCUT2D eigenvalue weighted by Gasteiger charge is -2.35. The Labute approximate surface area is 211 Å². The number of aromatic amines is 1. The molecule has 0 radical (unpaired) electrons. The Morgan fingerprint density at radius 2 is 2.11 bits per heavy atom. The van der Waals surface area contributed by atoms with Crippen molar-refractivity contribution in [3.8, 4) is 11.4 Å². The standard InChI is InChI=1S/C24H31N7O4S/c1-29(23(33)11-16-6-7-19-15-36(34,35)30(2)21(19)10-16)22(14-31-9-8-20(32)13-31)17-4-3-5-18(12-17)24-25-27-28-26-24/h3-7,10,12,20,22,32,34-35H,8-9,11,13-15H2,1-2H3,(H,25,26,27,28)/t20?,22-/m1/s1. The van der Waals surface area contributed by atoms with Crippen molar-refractivity contribution in [2.45, 2.75) is 30.7 Å². The Kier molecular flexibility index (Phi) is 6.70. The highest BCUT2D eigenvalue weighted by Gasteiger charge is 2.32. The molecule has 3 aromatic rings. The van der Waals surface area contributed by atoms with Crippen molar-refractivity contribution in [3.63, 3.8) is 0 Å². The van der Waals surface area contributed by atoms with Gasteiger partial charge in [0.05, 0.1) is 30.0 Å². The van der Waals surface area contributed by atoms with Gasteiger partial charge in [0.2, 0.25) is 11.7 Å². The summed E-state index contributed by atoms with van der Waals surface area (Å²) in [5.74, 6) is 0.624. The van der Waals surface area contributed by atoms with Gasteiger partial charge in [0.15, 0.2) is 0 Å². The molecule has 192 valence electrons. The van der Waals surface area contributed by atoms with E-state index in [1.807, 2.05) is 42.5 Å². The molecule has 1 unspecified atom stereocenters. The zero-order chi connectivity index (χ0) is 25.4. The molecule has 1 saturated heterocycles. The van der Waals surface area contributed by atoms with E-state index in [9.17, 15) is 19.0 Å². The van der Waals surface area contributed by atoms with Crippen molar-refractivity contribution >= 4 is 22.4 Å². The van der Waals surface area contributed by atoms with Crippen molar-refractivity contribution < 1.29 is 19.0 Å². The third kappa shape index (κ3) is 4.95. The molecule has 36 heavy (non-hydrogen) atoms. The van der Waals surface area contributed by atoms with Gasteiger partial charge in [0, 0.05) is 39.3 Å². The van der Waals surface area contributed by atoms with E-state index in [0.717, 1.165) is 40.9 Å². The maximum absolute atomic E-state index is 13.5. The van der Waals surface area contributed by atoms with Gasteiger partial charge >= 0.3 is 0 Å². The molecule has 12 heteroatoms. The van der Waals surface area contributed by atoms with Crippen LogP contribution in [-0.2, 0) is 17.0 Å². The third-order valence-corrected chi connectivity index (χ3v) is 8.82. The lowest BCUT2D eigenvalue weighted by atomic mass is 10.0. The predicted molar refractivity (Wildman–Crippen MR) is 137 cm³/mol. The second-order valence-corrected chi connectivity index (χ2v) is 11.6. The number of tetrazole rings is 1. The van der Waals surface area contributed by atoms with Crippen LogP contribution in [-0.4, -0.2) is 90.4 Å². The number of β-amino-alcohol motifs (C(OH)–C–C–N with tert-alkyl or cyclic N) is 1. The number of likely N-dealkylation sites (N-methyl/N-ethyl adjacent to an activating group) is 1. The average molecular weight is 514 g/mol. The number of hydrogen-bond donors (Lipinski definition) is 4. The number of aliphatic hydroxyl groups is 1. The van der Waals surface area contributed by atoms with Gasteiger partial charge in [0.25, 0.3) is 0 Å². The maximum atomic E-state index is 13.5. The van der Waals surface area contributed by atoms with E-state index < -0.39 is 10.8 Å². The summed E-state index contributed by atoms with van der Waals surface area (Å²) in [7, 11) is 0.624. The van der Waals surface area contributed by atoms with Gasteiger partial charge in [0.1, 0.15) is 0 Å². The first-order valence-electron chi connectivity index (χ1n) is 11.8. The van der Waals surface area contributed by atoms with E-state index in [1.165, 1.54) is 4.31 Å². The van der Waals surface area contributed by atoms with Crippen LogP contribution in [0.1, 0.15) is 29.2 Å². The summed E-state index contributed by atoms with van der Waals surface area (Å²) in [6.07, 6.45) is 0.545. The van der Waals surface area contributed by atoms with E-state index in [4.69, 9.17) is 0 Å². The summed E-state index contributed by atoms with van der Waals surface area (Å²) < 4.78 is 22.0. The first-order chi connectivity index (χ1) is 17.2. The molecule has 2 aliphatic rings. The second kappa shape index (κ2) is 9.79. The van der Waals surface area contributed by atoms with Crippen molar-refractivity contribution in [1.82, 2.24) is 30.4 Å². The van der Waals surface area contributed by atoms with Crippen LogP contribution in [0, 0.1) is 0 Å². The maximum Gasteiger partial charge on any atom is 0.227 e. The molecule has 1 aromatic heterocycles. The summed E-state index contributed by atoms with van der Waals surface area (Å²) in [6.45, 7) is 1.93. The molecule has 4 N–H and O–H groups in total. The SMILES string of the molecule is CN(C(=O)Cc1ccc2c(c1)N(C)S(O)(O)C2)[C@H](CN1CCC(O)C1)c1cccc(-c2nn[nH]n2)c1. The molecule has 1 amide bonds. The monoisotopic (exact) mass is 513 g/mol. The van der Waals surface area contributed by atoms with E-state index >= 15 is 0 Å². The van der Waals surface area contributed by atoms with Crippen LogP contribution in [0.15, 0.2) is 42.5 Å². The molecule has 2 aromatic carbocycles. The van der Waals surface area contributed by atoms with E-state index in [0.29, 0.717) is 18.9 Å². The van der Waals surface area contributed by atoms with Gasteiger partial charge in [-0.2, -0.15) is 5.21 Å². The highest BCUT2D eigenvalue weighted by atomic mass is 32.3. The van der Waals surface area contributed by atoms with Crippen molar-refractivity contribution in [3.05, 3.63) is 59.2 Å². The Morgan fingerprint density at radius 3 is 2.83 bits per heavy atom. The van der Waals surface area contributed by atoms with E-state index in [1.54, 1.807) is 19.0 Å². The number of fused-ring (bicyclic) bond motifs is 1. The lowest BCUT2D eigenvalue weighted by molar-refractivity contribution is -0.131. The number of benzene rings is 2. The summed E-state index contributed by atoms with van der Waals surface area (Å²) in [5, 5.41) is 24.3. The zero-order valence-corrected chi connectivity index (χ0v) is 21.1. The quantitative estimate of drug-likeness (QED) is 0.374. The summed E-state index contributed by atoms with van der Waals surface area (Å²) >= 11 is 0. The highest BCUT2D eigenvalue weighted by molar-refractivity contribution is 8.25. The minimum Gasteiger partial charge on any atom is -0.392 e. The molecule has 2 atom stereocenters. The average Bonchev–Trinajstić information content (AvgIpc) is 3.58. The zero-order valence-electron chi connectivity index (χ0n) is 20.3. The van der Waals surface area contributed by atoms with Crippen LogP contribution in [0.4, 0.5) is 5.69 Å². The molecule has 0 saturated carbocycles. The van der Waals surface area contributed by atoms with Crippen LogP contribution in [0.5, 0.6) is 0 Å². The highest BCUT2D eigenvalue weighted by Crippen LogP contribution is 2.55. The minimum atomic E-state index is -2.84. The summed E-state index contributed by atoms with van der Waals surface area (Å²) in [6, 6.07) is 13.1. The van der Waals surface area contributed by atoms with Crippen molar-refractivity contribution in [1.29, 1.82) is 0 Å². The molecule has 3 heterocycles. The smallest absolute Gasteiger partial charge is 0.227 e. The number of carbonyl (C=O) groups is 1. The number of rotatable bonds is 7. The van der Waals surface area contributed by atoms with Crippen LogP contribution < -0.4 is 4.31 Å².